The molecule has 2 amide bonds. The van der Waals surface area contributed by atoms with Crippen LogP contribution in [0.3, 0.4) is 0 Å². The van der Waals surface area contributed by atoms with E-state index >= 15 is 0 Å². The van der Waals surface area contributed by atoms with Crippen molar-refractivity contribution in [1.82, 2.24) is 10.2 Å². The van der Waals surface area contributed by atoms with Gasteiger partial charge in [0.15, 0.2) is 6.61 Å². The van der Waals surface area contributed by atoms with Crippen molar-refractivity contribution in [1.29, 1.82) is 0 Å². The Kier molecular flexibility index (Phi) is 11.0. The number of nitrogens with one attached hydrogen (secondary N) is 1. The van der Waals surface area contributed by atoms with Crippen LogP contribution in [0.4, 0.5) is 0 Å². The molecule has 0 aliphatic heterocycles. The molecule has 3 aromatic rings. The fourth-order valence-electron chi connectivity index (χ4n) is 3.90. The average Bonchev–Trinajstić information content (AvgIpc) is 2.91. The molecule has 0 saturated heterocycles. The minimum atomic E-state index is -0.661. The molecule has 0 spiro atoms. The SMILES string of the molecule is CCCCNC(=O)[C@@H](Cc1ccccc1)N(Cc1ccc(Br)cc1)C(=O)COc1ccc(CC)cc1. The molecule has 0 bridgehead atoms. The normalized spacial score (nSPS) is 11.5. The van der Waals surface area contributed by atoms with Gasteiger partial charge in [-0.2, -0.15) is 0 Å². The summed E-state index contributed by atoms with van der Waals surface area (Å²) in [5, 5.41) is 3.04. The lowest BCUT2D eigenvalue weighted by Crippen LogP contribution is -2.51. The number of nitrogens with zero attached hydrogens (tertiary/aromatic N) is 1. The molecule has 190 valence electrons. The molecule has 3 rings (SSSR count). The molecule has 0 saturated carbocycles. The quantitative estimate of drug-likeness (QED) is 0.267. The van der Waals surface area contributed by atoms with Gasteiger partial charge in [-0.05, 0) is 53.8 Å². The number of unbranched alkanes of at least 4 members (excludes halogenated alkanes) is 1. The molecule has 0 unspecified atom stereocenters. The van der Waals surface area contributed by atoms with Gasteiger partial charge in [-0.25, -0.2) is 0 Å². The van der Waals surface area contributed by atoms with Crippen molar-refractivity contribution in [2.45, 2.75) is 52.1 Å². The number of carbonyl (C=O) groups is 2. The van der Waals surface area contributed by atoms with Gasteiger partial charge >= 0.3 is 0 Å². The van der Waals surface area contributed by atoms with Crippen LogP contribution >= 0.6 is 15.9 Å². The number of hydrogen-bond acceptors (Lipinski definition) is 3. The second kappa shape index (κ2) is 14.4. The minimum absolute atomic E-state index is 0.143. The smallest absolute Gasteiger partial charge is 0.261 e. The highest BCUT2D eigenvalue weighted by Gasteiger charge is 2.30. The van der Waals surface area contributed by atoms with Crippen molar-refractivity contribution in [3.05, 3.63) is 100 Å². The molecule has 1 atom stereocenters. The van der Waals surface area contributed by atoms with Crippen LogP contribution in [-0.4, -0.2) is 35.9 Å². The number of amides is 2. The van der Waals surface area contributed by atoms with Gasteiger partial charge in [0.2, 0.25) is 5.91 Å². The van der Waals surface area contributed by atoms with Crippen LogP contribution in [0, 0.1) is 0 Å². The predicted octanol–water partition coefficient (Wildman–Crippen LogP) is 5.95. The van der Waals surface area contributed by atoms with Crippen LogP contribution in [0.1, 0.15) is 43.4 Å². The first-order valence-corrected chi connectivity index (χ1v) is 13.4. The maximum absolute atomic E-state index is 13.6. The van der Waals surface area contributed by atoms with Gasteiger partial charge in [-0.15, -0.1) is 0 Å². The van der Waals surface area contributed by atoms with E-state index in [1.807, 2.05) is 78.9 Å². The number of benzene rings is 3. The first-order valence-electron chi connectivity index (χ1n) is 12.6. The van der Waals surface area contributed by atoms with Crippen molar-refractivity contribution in [3.63, 3.8) is 0 Å². The Balaban J connectivity index is 1.85. The molecule has 0 aliphatic rings. The number of carbonyl (C=O) groups excluding carboxylic acids is 2. The topological polar surface area (TPSA) is 58.6 Å². The number of hydrogen-bond donors (Lipinski definition) is 1. The van der Waals surface area contributed by atoms with Crippen LogP contribution in [-0.2, 0) is 29.0 Å². The molecule has 6 heteroatoms. The van der Waals surface area contributed by atoms with Gasteiger partial charge in [-0.1, -0.05) is 90.8 Å². The standard InChI is InChI=1S/C30H35BrN2O3/c1-3-5-19-32-30(35)28(20-24-9-7-6-8-10-24)33(21-25-11-15-26(31)16-12-25)29(34)22-36-27-17-13-23(4-2)14-18-27/h6-18,28H,3-5,19-22H2,1-2H3,(H,32,35)/t28-/m1/s1. The Labute approximate surface area is 223 Å². The van der Waals surface area contributed by atoms with Crippen molar-refractivity contribution >= 4 is 27.7 Å². The summed E-state index contributed by atoms with van der Waals surface area (Å²) >= 11 is 3.47. The highest BCUT2D eigenvalue weighted by atomic mass is 79.9. The second-order valence-corrected chi connectivity index (χ2v) is 9.70. The van der Waals surface area contributed by atoms with E-state index in [1.54, 1.807) is 4.90 Å². The van der Waals surface area contributed by atoms with Gasteiger partial charge < -0.3 is 15.0 Å². The van der Waals surface area contributed by atoms with Crippen LogP contribution in [0.5, 0.6) is 5.75 Å². The van der Waals surface area contributed by atoms with Crippen molar-refractivity contribution in [2.24, 2.45) is 0 Å². The first-order chi connectivity index (χ1) is 17.5. The molecule has 0 heterocycles. The summed E-state index contributed by atoms with van der Waals surface area (Å²) < 4.78 is 6.81. The van der Waals surface area contributed by atoms with E-state index in [-0.39, 0.29) is 18.4 Å². The summed E-state index contributed by atoms with van der Waals surface area (Å²) in [4.78, 5) is 28.6. The Morgan fingerprint density at radius 3 is 2.19 bits per heavy atom. The monoisotopic (exact) mass is 550 g/mol. The van der Waals surface area contributed by atoms with Crippen molar-refractivity contribution in [2.75, 3.05) is 13.2 Å². The number of ether oxygens (including phenoxy) is 1. The van der Waals surface area contributed by atoms with Gasteiger partial charge in [-0.3, -0.25) is 9.59 Å². The molecule has 0 aromatic heterocycles. The Bertz CT molecular complexity index is 1090. The van der Waals surface area contributed by atoms with E-state index in [2.05, 4.69) is 35.1 Å². The Hall–Kier alpha value is -3.12. The first kappa shape index (κ1) is 27.5. The zero-order valence-electron chi connectivity index (χ0n) is 21.1. The fraction of sp³-hybridized carbons (Fsp3) is 0.333. The third-order valence-corrected chi connectivity index (χ3v) is 6.59. The lowest BCUT2D eigenvalue weighted by atomic mass is 10.0. The van der Waals surface area contributed by atoms with E-state index in [1.165, 1.54) is 5.56 Å². The Morgan fingerprint density at radius 1 is 0.889 bits per heavy atom. The number of aryl methyl sites for hydroxylation is 1. The second-order valence-electron chi connectivity index (χ2n) is 8.78. The summed E-state index contributed by atoms with van der Waals surface area (Å²) in [5.41, 5.74) is 3.15. The molecule has 0 fully saturated rings. The summed E-state index contributed by atoms with van der Waals surface area (Å²) in [6, 6.07) is 24.7. The molecule has 36 heavy (non-hydrogen) atoms. The average molecular weight is 552 g/mol. The summed E-state index contributed by atoms with van der Waals surface area (Å²) in [6.07, 6.45) is 3.23. The summed E-state index contributed by atoms with van der Waals surface area (Å²) in [7, 11) is 0. The molecule has 5 nitrogen and oxygen atoms in total. The van der Waals surface area contributed by atoms with Gasteiger partial charge in [0, 0.05) is 24.0 Å². The summed E-state index contributed by atoms with van der Waals surface area (Å²) in [5.74, 6) is 0.255. The maximum Gasteiger partial charge on any atom is 0.261 e. The van der Waals surface area contributed by atoms with Crippen molar-refractivity contribution < 1.29 is 14.3 Å². The minimum Gasteiger partial charge on any atom is -0.484 e. The fourth-order valence-corrected chi connectivity index (χ4v) is 4.16. The van der Waals surface area contributed by atoms with E-state index in [4.69, 9.17) is 4.74 Å². The third-order valence-electron chi connectivity index (χ3n) is 6.06. The zero-order valence-corrected chi connectivity index (χ0v) is 22.7. The van der Waals surface area contributed by atoms with Crippen LogP contribution in [0.15, 0.2) is 83.3 Å². The Morgan fingerprint density at radius 2 is 1.56 bits per heavy atom. The molecule has 0 aliphatic carbocycles. The highest BCUT2D eigenvalue weighted by Crippen LogP contribution is 2.18. The predicted molar refractivity (Wildman–Crippen MR) is 148 cm³/mol. The molecular weight excluding hydrogens is 516 g/mol. The third kappa shape index (κ3) is 8.52. The lowest BCUT2D eigenvalue weighted by Gasteiger charge is -2.31. The van der Waals surface area contributed by atoms with Gasteiger partial charge in [0.25, 0.3) is 5.91 Å². The van der Waals surface area contributed by atoms with E-state index < -0.39 is 6.04 Å². The molecule has 1 N–H and O–H groups in total. The highest BCUT2D eigenvalue weighted by molar-refractivity contribution is 9.10. The maximum atomic E-state index is 13.6. The van der Waals surface area contributed by atoms with Crippen molar-refractivity contribution in [3.8, 4) is 5.75 Å². The van der Waals surface area contributed by atoms with E-state index in [9.17, 15) is 9.59 Å². The van der Waals surface area contributed by atoms with Crippen LogP contribution in [0.25, 0.3) is 0 Å². The van der Waals surface area contributed by atoms with E-state index in [0.29, 0.717) is 25.3 Å². The van der Waals surface area contributed by atoms with Gasteiger partial charge in [0.05, 0.1) is 0 Å². The number of halogens is 1. The van der Waals surface area contributed by atoms with Gasteiger partial charge in [0.1, 0.15) is 11.8 Å². The largest absolute Gasteiger partial charge is 0.484 e. The summed E-state index contributed by atoms with van der Waals surface area (Å²) in [6.45, 7) is 4.93. The zero-order chi connectivity index (χ0) is 25.8. The molecule has 0 radical (unpaired) electrons. The van der Waals surface area contributed by atoms with Crippen LogP contribution in [0.2, 0.25) is 0 Å². The van der Waals surface area contributed by atoms with E-state index in [0.717, 1.165) is 34.9 Å². The number of rotatable bonds is 13. The van der Waals surface area contributed by atoms with Crippen LogP contribution < -0.4 is 10.1 Å². The molecule has 3 aromatic carbocycles. The molecular formula is C30H35BrN2O3. The lowest BCUT2D eigenvalue weighted by molar-refractivity contribution is -0.142.